The first-order chi connectivity index (χ1) is 10.3. The molecule has 0 bridgehead atoms. The van der Waals surface area contributed by atoms with Gasteiger partial charge in [0.2, 0.25) is 5.78 Å². The predicted octanol–water partition coefficient (Wildman–Crippen LogP) is 2.93. The highest BCUT2D eigenvalue weighted by Crippen LogP contribution is 2.19. The molecule has 1 aliphatic rings. The minimum absolute atomic E-state index is 0.00753. The van der Waals surface area contributed by atoms with Crippen LogP contribution in [-0.2, 0) is 6.54 Å². The highest BCUT2D eigenvalue weighted by Gasteiger charge is 2.12. The summed E-state index contributed by atoms with van der Waals surface area (Å²) < 4.78 is 3.75. The van der Waals surface area contributed by atoms with Gasteiger partial charge in [-0.3, -0.25) is 9.20 Å². The highest BCUT2D eigenvalue weighted by molar-refractivity contribution is 5.80. The molecule has 2 heterocycles. The minimum atomic E-state index is -0.00753. The van der Waals surface area contributed by atoms with Crippen molar-refractivity contribution in [1.29, 1.82) is 0 Å². The summed E-state index contributed by atoms with van der Waals surface area (Å²) in [5.41, 5.74) is 2.29. The molecular formula is C17H15N3O. The lowest BCUT2D eigenvalue weighted by Crippen LogP contribution is -2.19. The van der Waals surface area contributed by atoms with Gasteiger partial charge in [-0.15, -0.1) is 0 Å². The Balaban J connectivity index is 2.02. The van der Waals surface area contributed by atoms with Gasteiger partial charge >= 0.3 is 0 Å². The van der Waals surface area contributed by atoms with E-state index in [0.717, 1.165) is 30.3 Å². The van der Waals surface area contributed by atoms with E-state index >= 15 is 0 Å². The molecule has 4 rings (SSSR count). The van der Waals surface area contributed by atoms with Crippen LogP contribution >= 0.6 is 0 Å². The molecule has 1 aliphatic carbocycles. The van der Waals surface area contributed by atoms with Gasteiger partial charge in [0.15, 0.2) is 0 Å². The molecular weight excluding hydrogens is 262 g/mol. The average molecular weight is 277 g/mol. The van der Waals surface area contributed by atoms with Crippen molar-refractivity contribution in [2.45, 2.75) is 19.4 Å². The van der Waals surface area contributed by atoms with Crippen molar-refractivity contribution in [2.75, 3.05) is 0 Å². The highest BCUT2D eigenvalue weighted by atomic mass is 16.1. The molecule has 0 unspecified atom stereocenters. The van der Waals surface area contributed by atoms with Crippen LogP contribution < -0.4 is 5.56 Å². The molecule has 4 nitrogen and oxygen atoms in total. The van der Waals surface area contributed by atoms with Gasteiger partial charge in [-0.2, -0.15) is 0 Å². The number of para-hydroxylation sites is 1. The maximum Gasteiger partial charge on any atom is 0.266 e. The Bertz CT molecular complexity index is 943. The van der Waals surface area contributed by atoms with E-state index in [9.17, 15) is 4.79 Å². The van der Waals surface area contributed by atoms with Crippen LogP contribution in [0.2, 0.25) is 0 Å². The fraction of sp³-hybridized carbons (Fsp3) is 0.176. The Kier molecular flexibility index (Phi) is 2.74. The lowest BCUT2D eigenvalue weighted by Gasteiger charge is -2.15. The standard InChI is InChI=1S/C17H15N3O/c21-16-14-8-4-5-9-15(14)20(17-18-10-11-19(16)17)12-13-6-2-1-3-7-13/h1-2,4-6,8-11H,3,7,12H2. The van der Waals surface area contributed by atoms with Crippen LogP contribution in [0.3, 0.4) is 0 Å². The molecule has 2 aromatic heterocycles. The first-order valence-corrected chi connectivity index (χ1v) is 7.14. The molecule has 0 saturated heterocycles. The zero-order valence-corrected chi connectivity index (χ0v) is 11.6. The van der Waals surface area contributed by atoms with E-state index in [-0.39, 0.29) is 5.56 Å². The van der Waals surface area contributed by atoms with Crippen molar-refractivity contribution in [1.82, 2.24) is 14.0 Å². The molecule has 0 radical (unpaired) electrons. The van der Waals surface area contributed by atoms with E-state index in [1.807, 2.05) is 24.3 Å². The van der Waals surface area contributed by atoms with Crippen LogP contribution in [0, 0.1) is 0 Å². The van der Waals surface area contributed by atoms with Crippen molar-refractivity contribution in [3.63, 3.8) is 0 Å². The normalized spacial score (nSPS) is 14.8. The van der Waals surface area contributed by atoms with Gasteiger partial charge < -0.3 is 4.57 Å². The third kappa shape index (κ3) is 1.91. The topological polar surface area (TPSA) is 39.3 Å². The van der Waals surface area contributed by atoms with Crippen molar-refractivity contribution in [3.05, 3.63) is 70.8 Å². The Morgan fingerprint density at radius 3 is 3.00 bits per heavy atom. The lowest BCUT2D eigenvalue weighted by molar-refractivity contribution is 0.754. The maximum atomic E-state index is 12.5. The van der Waals surface area contributed by atoms with Crippen LogP contribution in [0.4, 0.5) is 0 Å². The smallest absolute Gasteiger partial charge is 0.266 e. The van der Waals surface area contributed by atoms with Crippen LogP contribution in [0.1, 0.15) is 12.8 Å². The van der Waals surface area contributed by atoms with Gasteiger partial charge in [-0.05, 0) is 25.0 Å². The largest absolute Gasteiger partial charge is 0.307 e. The van der Waals surface area contributed by atoms with E-state index in [1.165, 1.54) is 5.57 Å². The molecule has 0 aliphatic heterocycles. The molecule has 3 aromatic rings. The number of allylic oxidation sites excluding steroid dienone is 4. The minimum Gasteiger partial charge on any atom is -0.307 e. The third-order valence-corrected chi connectivity index (χ3v) is 3.97. The van der Waals surface area contributed by atoms with Crippen molar-refractivity contribution < 1.29 is 0 Å². The Morgan fingerprint density at radius 2 is 2.14 bits per heavy atom. The average Bonchev–Trinajstić information content (AvgIpc) is 3.02. The number of benzene rings is 1. The van der Waals surface area contributed by atoms with E-state index in [4.69, 9.17) is 0 Å². The fourth-order valence-electron chi connectivity index (χ4n) is 2.92. The van der Waals surface area contributed by atoms with Gasteiger partial charge in [-0.1, -0.05) is 35.9 Å². The maximum absolute atomic E-state index is 12.5. The van der Waals surface area contributed by atoms with Crippen LogP contribution in [0.25, 0.3) is 16.7 Å². The van der Waals surface area contributed by atoms with Crippen molar-refractivity contribution in [2.24, 2.45) is 0 Å². The summed E-state index contributed by atoms with van der Waals surface area (Å²) in [6.45, 7) is 0.769. The summed E-state index contributed by atoms with van der Waals surface area (Å²) in [6.07, 6.45) is 12.0. The molecule has 0 N–H and O–H groups in total. The summed E-state index contributed by atoms with van der Waals surface area (Å²) in [4.78, 5) is 16.9. The summed E-state index contributed by atoms with van der Waals surface area (Å²) in [6, 6.07) is 7.74. The van der Waals surface area contributed by atoms with Crippen LogP contribution in [-0.4, -0.2) is 14.0 Å². The number of hydrogen-bond donors (Lipinski definition) is 0. The second-order valence-corrected chi connectivity index (χ2v) is 5.30. The van der Waals surface area contributed by atoms with Gasteiger partial charge in [0.05, 0.1) is 10.9 Å². The zero-order chi connectivity index (χ0) is 14.2. The number of imidazole rings is 1. The number of hydrogen-bond acceptors (Lipinski definition) is 2. The summed E-state index contributed by atoms with van der Waals surface area (Å²) in [5, 5.41) is 0.731. The lowest BCUT2D eigenvalue weighted by atomic mass is 10.1. The van der Waals surface area contributed by atoms with E-state index in [1.54, 1.807) is 16.8 Å². The third-order valence-electron chi connectivity index (χ3n) is 3.97. The van der Waals surface area contributed by atoms with Crippen LogP contribution in [0.15, 0.2) is 65.3 Å². The second-order valence-electron chi connectivity index (χ2n) is 5.30. The number of rotatable bonds is 2. The number of nitrogens with zero attached hydrogens (tertiary/aromatic N) is 3. The van der Waals surface area contributed by atoms with Gasteiger partial charge in [-0.25, -0.2) is 4.98 Å². The summed E-state index contributed by atoms with van der Waals surface area (Å²) in [7, 11) is 0. The second kappa shape index (κ2) is 4.74. The Morgan fingerprint density at radius 1 is 1.24 bits per heavy atom. The van der Waals surface area contributed by atoms with E-state index < -0.39 is 0 Å². The molecule has 0 saturated carbocycles. The molecule has 104 valence electrons. The molecule has 1 aromatic carbocycles. The van der Waals surface area contributed by atoms with Gasteiger partial charge in [0, 0.05) is 18.9 Å². The summed E-state index contributed by atoms with van der Waals surface area (Å²) >= 11 is 0. The predicted molar refractivity (Wildman–Crippen MR) is 83.4 cm³/mol. The van der Waals surface area contributed by atoms with E-state index in [2.05, 4.69) is 27.8 Å². The molecule has 0 fully saturated rings. The first-order valence-electron chi connectivity index (χ1n) is 7.14. The number of aromatic nitrogens is 3. The van der Waals surface area contributed by atoms with Crippen molar-refractivity contribution in [3.8, 4) is 0 Å². The monoisotopic (exact) mass is 277 g/mol. The SMILES string of the molecule is O=c1c2ccccc2n(CC2=CC=CCC2)c2nccn12. The molecule has 0 amide bonds. The molecule has 0 spiro atoms. The molecule has 21 heavy (non-hydrogen) atoms. The van der Waals surface area contributed by atoms with Gasteiger partial charge in [0.1, 0.15) is 0 Å². The fourth-order valence-corrected chi connectivity index (χ4v) is 2.92. The molecule has 4 heteroatoms. The molecule has 0 atom stereocenters. The quantitative estimate of drug-likeness (QED) is 0.722. The van der Waals surface area contributed by atoms with Gasteiger partial charge in [0.25, 0.3) is 5.56 Å². The van der Waals surface area contributed by atoms with Crippen LogP contribution in [0.5, 0.6) is 0 Å². The first kappa shape index (κ1) is 12.1. The number of fused-ring (bicyclic) bond motifs is 2. The summed E-state index contributed by atoms with van der Waals surface area (Å²) in [5.74, 6) is 0.703. The van der Waals surface area contributed by atoms with E-state index in [0.29, 0.717) is 5.78 Å². The Hall–Kier alpha value is -2.62. The van der Waals surface area contributed by atoms with Crippen molar-refractivity contribution >= 4 is 16.7 Å². The Labute approximate surface area is 121 Å². The zero-order valence-electron chi connectivity index (χ0n) is 11.6.